The Morgan fingerprint density at radius 1 is 1.10 bits per heavy atom. The Labute approximate surface area is 118 Å². The fourth-order valence-corrected chi connectivity index (χ4v) is 2.34. The maximum atomic E-state index is 5.14. The standard InChI is InChI=1S/C15H18N4O/c1-20-13-6-4-12(5-7-13)17-15-16-9-8-14(18-15)19-10-2-3-11-19/h4-9H,2-3,10-11H2,1H3,(H,16,17,18). The van der Waals surface area contributed by atoms with E-state index in [1.165, 1.54) is 12.8 Å². The van der Waals surface area contributed by atoms with E-state index in [0.717, 1.165) is 30.3 Å². The third kappa shape index (κ3) is 2.82. The lowest BCUT2D eigenvalue weighted by atomic mass is 10.3. The van der Waals surface area contributed by atoms with Gasteiger partial charge >= 0.3 is 0 Å². The van der Waals surface area contributed by atoms with Gasteiger partial charge in [-0.2, -0.15) is 4.98 Å². The lowest BCUT2D eigenvalue weighted by Crippen LogP contribution is -2.19. The molecule has 0 aliphatic carbocycles. The van der Waals surface area contributed by atoms with E-state index in [9.17, 15) is 0 Å². The highest BCUT2D eigenvalue weighted by atomic mass is 16.5. The summed E-state index contributed by atoms with van der Waals surface area (Å²) < 4.78 is 5.14. The number of anilines is 3. The third-order valence-electron chi connectivity index (χ3n) is 3.42. The molecule has 0 amide bonds. The number of aromatic nitrogens is 2. The van der Waals surface area contributed by atoms with E-state index in [1.807, 2.05) is 30.3 Å². The van der Waals surface area contributed by atoms with Crippen molar-refractivity contribution in [3.05, 3.63) is 36.5 Å². The van der Waals surface area contributed by atoms with Crippen molar-refractivity contribution in [2.24, 2.45) is 0 Å². The summed E-state index contributed by atoms with van der Waals surface area (Å²) in [6, 6.07) is 9.68. The molecule has 0 unspecified atom stereocenters. The molecule has 0 atom stereocenters. The van der Waals surface area contributed by atoms with Crippen molar-refractivity contribution in [3.8, 4) is 5.75 Å². The zero-order valence-corrected chi connectivity index (χ0v) is 11.5. The summed E-state index contributed by atoms with van der Waals surface area (Å²) in [5.41, 5.74) is 0.948. The van der Waals surface area contributed by atoms with Crippen LogP contribution in [0.4, 0.5) is 17.5 Å². The van der Waals surface area contributed by atoms with Crippen LogP contribution in [0.5, 0.6) is 5.75 Å². The minimum absolute atomic E-state index is 0.625. The van der Waals surface area contributed by atoms with E-state index >= 15 is 0 Å². The Bertz CT molecular complexity index is 564. The molecule has 0 saturated carbocycles. The van der Waals surface area contributed by atoms with E-state index < -0.39 is 0 Å². The molecule has 0 spiro atoms. The van der Waals surface area contributed by atoms with Crippen LogP contribution >= 0.6 is 0 Å². The third-order valence-corrected chi connectivity index (χ3v) is 3.42. The minimum atomic E-state index is 0.625. The molecule has 5 heteroatoms. The van der Waals surface area contributed by atoms with Crippen molar-refractivity contribution in [3.63, 3.8) is 0 Å². The van der Waals surface area contributed by atoms with E-state index in [-0.39, 0.29) is 0 Å². The van der Waals surface area contributed by atoms with Crippen LogP contribution in [0.2, 0.25) is 0 Å². The summed E-state index contributed by atoms with van der Waals surface area (Å²) in [5, 5.41) is 3.21. The highest BCUT2D eigenvalue weighted by Crippen LogP contribution is 2.21. The van der Waals surface area contributed by atoms with Crippen LogP contribution in [-0.4, -0.2) is 30.2 Å². The highest BCUT2D eigenvalue weighted by molar-refractivity contribution is 5.56. The second-order valence-electron chi connectivity index (χ2n) is 4.79. The molecular formula is C15H18N4O. The topological polar surface area (TPSA) is 50.3 Å². The number of rotatable bonds is 4. The summed E-state index contributed by atoms with van der Waals surface area (Å²) in [7, 11) is 1.66. The molecule has 0 bridgehead atoms. The van der Waals surface area contributed by atoms with Gasteiger partial charge in [0.2, 0.25) is 5.95 Å². The van der Waals surface area contributed by atoms with Crippen LogP contribution < -0.4 is 15.0 Å². The van der Waals surface area contributed by atoms with Crippen LogP contribution in [0.15, 0.2) is 36.5 Å². The van der Waals surface area contributed by atoms with Crippen LogP contribution in [0, 0.1) is 0 Å². The number of hydrogen-bond donors (Lipinski definition) is 1. The van der Waals surface area contributed by atoms with Gasteiger partial charge in [0.15, 0.2) is 0 Å². The first-order valence-corrected chi connectivity index (χ1v) is 6.84. The molecule has 1 N–H and O–H groups in total. The summed E-state index contributed by atoms with van der Waals surface area (Å²) in [6.07, 6.45) is 4.28. The Morgan fingerprint density at radius 3 is 2.55 bits per heavy atom. The Balaban J connectivity index is 1.74. The van der Waals surface area contributed by atoms with E-state index in [2.05, 4.69) is 20.2 Å². The second-order valence-corrected chi connectivity index (χ2v) is 4.79. The molecule has 0 radical (unpaired) electrons. The fourth-order valence-electron chi connectivity index (χ4n) is 2.34. The maximum Gasteiger partial charge on any atom is 0.229 e. The summed E-state index contributed by atoms with van der Waals surface area (Å²) in [4.78, 5) is 11.1. The number of methoxy groups -OCH3 is 1. The molecule has 1 saturated heterocycles. The normalized spacial score (nSPS) is 14.3. The Kier molecular flexibility index (Phi) is 3.67. The Hall–Kier alpha value is -2.30. The fraction of sp³-hybridized carbons (Fsp3) is 0.333. The van der Waals surface area contributed by atoms with Crippen LogP contribution in [0.1, 0.15) is 12.8 Å². The molecule has 3 rings (SSSR count). The number of hydrogen-bond acceptors (Lipinski definition) is 5. The van der Waals surface area contributed by atoms with Crippen molar-refractivity contribution < 1.29 is 4.74 Å². The van der Waals surface area contributed by atoms with Crippen molar-refractivity contribution >= 4 is 17.5 Å². The first kappa shape index (κ1) is 12.7. The van der Waals surface area contributed by atoms with Gasteiger partial charge in [0.1, 0.15) is 11.6 Å². The summed E-state index contributed by atoms with van der Waals surface area (Å²) >= 11 is 0. The monoisotopic (exact) mass is 270 g/mol. The molecule has 2 heterocycles. The lowest BCUT2D eigenvalue weighted by molar-refractivity contribution is 0.415. The van der Waals surface area contributed by atoms with Gasteiger partial charge in [0, 0.05) is 25.0 Å². The van der Waals surface area contributed by atoms with Gasteiger partial charge in [-0.3, -0.25) is 0 Å². The van der Waals surface area contributed by atoms with Gasteiger partial charge in [-0.25, -0.2) is 4.98 Å². The largest absolute Gasteiger partial charge is 0.497 e. The van der Waals surface area contributed by atoms with Crippen LogP contribution in [0.25, 0.3) is 0 Å². The molecule has 20 heavy (non-hydrogen) atoms. The van der Waals surface area contributed by atoms with Crippen LogP contribution in [-0.2, 0) is 0 Å². The molecule has 1 aromatic heterocycles. The smallest absolute Gasteiger partial charge is 0.229 e. The number of nitrogens with zero attached hydrogens (tertiary/aromatic N) is 3. The first-order valence-electron chi connectivity index (χ1n) is 6.84. The number of ether oxygens (including phenoxy) is 1. The molecule has 2 aromatic rings. The van der Waals surface area contributed by atoms with Gasteiger partial charge in [0.05, 0.1) is 7.11 Å². The summed E-state index contributed by atoms with van der Waals surface area (Å²) in [6.45, 7) is 2.16. The lowest BCUT2D eigenvalue weighted by Gasteiger charge is -2.16. The van der Waals surface area contributed by atoms with Crippen molar-refractivity contribution in [2.75, 3.05) is 30.4 Å². The van der Waals surface area contributed by atoms with Gasteiger partial charge in [-0.15, -0.1) is 0 Å². The van der Waals surface area contributed by atoms with Crippen molar-refractivity contribution in [1.29, 1.82) is 0 Å². The molecular weight excluding hydrogens is 252 g/mol. The first-order chi connectivity index (χ1) is 9.85. The quantitative estimate of drug-likeness (QED) is 0.925. The molecule has 1 aliphatic heterocycles. The van der Waals surface area contributed by atoms with E-state index in [0.29, 0.717) is 5.95 Å². The molecule has 104 valence electrons. The molecule has 1 aromatic carbocycles. The van der Waals surface area contributed by atoms with Crippen molar-refractivity contribution in [2.45, 2.75) is 12.8 Å². The minimum Gasteiger partial charge on any atom is -0.497 e. The van der Waals surface area contributed by atoms with Crippen molar-refractivity contribution in [1.82, 2.24) is 9.97 Å². The zero-order valence-electron chi connectivity index (χ0n) is 11.5. The van der Waals surface area contributed by atoms with E-state index in [1.54, 1.807) is 13.3 Å². The highest BCUT2D eigenvalue weighted by Gasteiger charge is 2.13. The maximum absolute atomic E-state index is 5.14. The Morgan fingerprint density at radius 2 is 1.85 bits per heavy atom. The zero-order chi connectivity index (χ0) is 13.8. The SMILES string of the molecule is COc1ccc(Nc2nccc(N3CCCC3)n2)cc1. The average molecular weight is 270 g/mol. The van der Waals surface area contributed by atoms with Crippen LogP contribution in [0.3, 0.4) is 0 Å². The van der Waals surface area contributed by atoms with E-state index in [4.69, 9.17) is 4.74 Å². The molecule has 1 fully saturated rings. The number of nitrogens with one attached hydrogen (secondary N) is 1. The predicted octanol–water partition coefficient (Wildman–Crippen LogP) is 2.83. The van der Waals surface area contributed by atoms with Gasteiger partial charge in [0.25, 0.3) is 0 Å². The number of benzene rings is 1. The van der Waals surface area contributed by atoms with Gasteiger partial charge in [-0.05, 0) is 43.2 Å². The van der Waals surface area contributed by atoms with Gasteiger partial charge < -0.3 is 15.0 Å². The molecule has 5 nitrogen and oxygen atoms in total. The summed E-state index contributed by atoms with van der Waals surface area (Å²) in [5.74, 6) is 2.45. The van der Waals surface area contributed by atoms with Gasteiger partial charge in [-0.1, -0.05) is 0 Å². The predicted molar refractivity (Wildman–Crippen MR) is 79.8 cm³/mol. The molecule has 1 aliphatic rings. The second kappa shape index (κ2) is 5.77. The average Bonchev–Trinajstić information content (AvgIpc) is 3.03.